The highest BCUT2D eigenvalue weighted by Gasteiger charge is 2.35. The Morgan fingerprint density at radius 3 is 2.41 bits per heavy atom. The second-order valence-electron chi connectivity index (χ2n) is 11.0. The Labute approximate surface area is 204 Å². The standard InChI is InChI=1S/C27H43N3O4/c1-17(2)21-13-12-18(3)16-22(21)25(32)30-23-11-9-8-10-20(23)14-15-28-24(31)19(4)29-26(33)34-27(5,6)7/h8-11,17-19,21-22H,12-16H2,1-7H3,(H,28,31)(H,29,33)(H,30,32). The number of hydrogen-bond donors (Lipinski definition) is 3. The van der Waals surface area contributed by atoms with Gasteiger partial charge >= 0.3 is 6.09 Å². The maximum atomic E-state index is 13.2. The minimum absolute atomic E-state index is 0.0243. The zero-order chi connectivity index (χ0) is 25.5. The van der Waals surface area contributed by atoms with Crippen LogP contribution in [0.15, 0.2) is 24.3 Å². The van der Waals surface area contributed by atoms with E-state index in [1.165, 1.54) is 6.42 Å². The first-order valence-corrected chi connectivity index (χ1v) is 12.5. The van der Waals surface area contributed by atoms with Crippen molar-refractivity contribution >= 4 is 23.6 Å². The van der Waals surface area contributed by atoms with E-state index in [9.17, 15) is 14.4 Å². The number of alkyl carbamates (subject to hydrolysis) is 1. The van der Waals surface area contributed by atoms with Crippen LogP contribution >= 0.6 is 0 Å². The fourth-order valence-electron chi connectivity index (χ4n) is 4.61. The minimum Gasteiger partial charge on any atom is -0.444 e. The molecule has 7 heteroatoms. The minimum atomic E-state index is -0.717. The normalized spacial score (nSPS) is 21.5. The van der Waals surface area contributed by atoms with Gasteiger partial charge in [-0.1, -0.05) is 45.4 Å². The quantitative estimate of drug-likeness (QED) is 0.500. The van der Waals surface area contributed by atoms with Crippen LogP contribution in [0.3, 0.4) is 0 Å². The van der Waals surface area contributed by atoms with Gasteiger partial charge in [-0.15, -0.1) is 0 Å². The van der Waals surface area contributed by atoms with Crippen LogP contribution in [0.4, 0.5) is 10.5 Å². The maximum Gasteiger partial charge on any atom is 0.408 e. The van der Waals surface area contributed by atoms with Gasteiger partial charge in [-0.05, 0) is 76.3 Å². The van der Waals surface area contributed by atoms with Crippen molar-refractivity contribution in [3.05, 3.63) is 29.8 Å². The number of anilines is 1. The first-order chi connectivity index (χ1) is 15.9. The summed E-state index contributed by atoms with van der Waals surface area (Å²) in [6, 6.07) is 7.00. The van der Waals surface area contributed by atoms with Gasteiger partial charge in [0.25, 0.3) is 0 Å². The Hall–Kier alpha value is -2.57. The molecule has 4 unspecified atom stereocenters. The van der Waals surface area contributed by atoms with E-state index in [2.05, 4.69) is 36.7 Å². The summed E-state index contributed by atoms with van der Waals surface area (Å²) in [6.07, 6.45) is 3.15. The van der Waals surface area contributed by atoms with Crippen LogP contribution in [0.5, 0.6) is 0 Å². The van der Waals surface area contributed by atoms with E-state index in [0.717, 1.165) is 24.1 Å². The highest BCUT2D eigenvalue weighted by atomic mass is 16.6. The number of benzene rings is 1. The van der Waals surface area contributed by atoms with E-state index < -0.39 is 17.7 Å². The molecule has 0 aromatic heterocycles. The van der Waals surface area contributed by atoms with E-state index in [4.69, 9.17) is 4.74 Å². The number of carbonyl (C=O) groups is 3. The van der Waals surface area contributed by atoms with Crippen LogP contribution in [0.2, 0.25) is 0 Å². The zero-order valence-corrected chi connectivity index (χ0v) is 21.9. The van der Waals surface area contributed by atoms with Gasteiger partial charge in [0.1, 0.15) is 11.6 Å². The lowest BCUT2D eigenvalue weighted by atomic mass is 9.70. The molecule has 1 aromatic carbocycles. The molecule has 3 N–H and O–H groups in total. The number of rotatable bonds is 8. The van der Waals surface area contributed by atoms with Gasteiger partial charge in [0.05, 0.1) is 0 Å². The monoisotopic (exact) mass is 473 g/mol. The fourth-order valence-corrected chi connectivity index (χ4v) is 4.61. The summed E-state index contributed by atoms with van der Waals surface area (Å²) >= 11 is 0. The van der Waals surface area contributed by atoms with E-state index in [1.54, 1.807) is 27.7 Å². The molecule has 1 aromatic rings. The molecule has 0 bridgehead atoms. The Morgan fingerprint density at radius 1 is 1.09 bits per heavy atom. The molecule has 1 saturated carbocycles. The third-order valence-electron chi connectivity index (χ3n) is 6.45. The third kappa shape index (κ3) is 8.65. The Kier molecular flexibility index (Phi) is 9.95. The van der Waals surface area contributed by atoms with Crippen LogP contribution in [0, 0.1) is 23.7 Å². The van der Waals surface area contributed by atoms with Crippen LogP contribution in [-0.2, 0) is 20.7 Å². The van der Waals surface area contributed by atoms with Crippen molar-refractivity contribution in [2.75, 3.05) is 11.9 Å². The summed E-state index contributed by atoms with van der Waals surface area (Å²) in [6.45, 7) is 13.9. The lowest BCUT2D eigenvalue weighted by Crippen LogP contribution is -2.46. The van der Waals surface area contributed by atoms with Crippen molar-refractivity contribution in [3.63, 3.8) is 0 Å². The highest BCUT2D eigenvalue weighted by molar-refractivity contribution is 5.93. The van der Waals surface area contributed by atoms with Crippen LogP contribution < -0.4 is 16.0 Å². The van der Waals surface area contributed by atoms with Gasteiger partial charge in [-0.25, -0.2) is 4.79 Å². The Balaban J connectivity index is 1.92. The molecule has 7 nitrogen and oxygen atoms in total. The third-order valence-corrected chi connectivity index (χ3v) is 6.45. The van der Waals surface area contributed by atoms with Gasteiger partial charge in [-0.3, -0.25) is 9.59 Å². The molecule has 0 saturated heterocycles. The number of nitrogens with one attached hydrogen (secondary N) is 3. The fraction of sp³-hybridized carbons (Fsp3) is 0.667. The van der Waals surface area contributed by atoms with Crippen LogP contribution in [-0.4, -0.2) is 36.1 Å². The molecule has 1 aliphatic rings. The SMILES string of the molecule is CC1CCC(C(C)C)C(C(=O)Nc2ccccc2CCNC(=O)C(C)NC(=O)OC(C)(C)C)C1. The smallest absolute Gasteiger partial charge is 0.408 e. The second kappa shape index (κ2) is 12.2. The summed E-state index contributed by atoms with van der Waals surface area (Å²) in [7, 11) is 0. The van der Waals surface area contributed by atoms with Crippen molar-refractivity contribution in [2.45, 2.75) is 85.8 Å². The first kappa shape index (κ1) is 27.7. The van der Waals surface area contributed by atoms with Crippen molar-refractivity contribution in [3.8, 4) is 0 Å². The first-order valence-electron chi connectivity index (χ1n) is 12.5. The van der Waals surface area contributed by atoms with E-state index >= 15 is 0 Å². The summed E-state index contributed by atoms with van der Waals surface area (Å²) in [4.78, 5) is 37.5. The molecule has 34 heavy (non-hydrogen) atoms. The number of para-hydroxylation sites is 1. The lowest BCUT2D eigenvalue weighted by molar-refractivity contribution is -0.124. The molecule has 1 aliphatic carbocycles. The summed E-state index contributed by atoms with van der Waals surface area (Å²) in [5, 5.41) is 8.56. The van der Waals surface area contributed by atoms with Gasteiger partial charge in [0, 0.05) is 18.2 Å². The Morgan fingerprint density at radius 2 is 1.76 bits per heavy atom. The number of hydrogen-bond acceptors (Lipinski definition) is 4. The molecule has 0 aliphatic heterocycles. The molecule has 1 fully saturated rings. The van der Waals surface area contributed by atoms with Gasteiger partial charge < -0.3 is 20.7 Å². The van der Waals surface area contributed by atoms with Crippen molar-refractivity contribution in [1.29, 1.82) is 0 Å². The molecule has 2 rings (SSSR count). The van der Waals surface area contributed by atoms with Gasteiger partial charge in [-0.2, -0.15) is 0 Å². The number of ether oxygens (including phenoxy) is 1. The van der Waals surface area contributed by atoms with Gasteiger partial charge in [0.15, 0.2) is 0 Å². The van der Waals surface area contributed by atoms with Crippen molar-refractivity contribution < 1.29 is 19.1 Å². The summed E-state index contributed by atoms with van der Waals surface area (Å²) < 4.78 is 5.19. The summed E-state index contributed by atoms with van der Waals surface area (Å²) in [5.74, 6) is 1.27. The average Bonchev–Trinajstić information content (AvgIpc) is 2.73. The lowest BCUT2D eigenvalue weighted by Gasteiger charge is -2.36. The van der Waals surface area contributed by atoms with Crippen molar-refractivity contribution in [1.82, 2.24) is 10.6 Å². The molecule has 4 atom stereocenters. The van der Waals surface area contributed by atoms with Gasteiger partial charge in [0.2, 0.25) is 11.8 Å². The highest BCUT2D eigenvalue weighted by Crippen LogP contribution is 2.38. The molecular formula is C27H43N3O4. The van der Waals surface area contributed by atoms with Crippen LogP contribution in [0.25, 0.3) is 0 Å². The maximum absolute atomic E-state index is 13.2. The summed E-state index contributed by atoms with van der Waals surface area (Å²) in [5.41, 5.74) is 1.13. The van der Waals surface area contributed by atoms with E-state index in [-0.39, 0.29) is 17.7 Å². The average molecular weight is 474 g/mol. The van der Waals surface area contributed by atoms with E-state index in [0.29, 0.717) is 30.7 Å². The predicted molar refractivity (Wildman–Crippen MR) is 135 cm³/mol. The molecule has 0 spiro atoms. The molecule has 3 amide bonds. The topological polar surface area (TPSA) is 96.5 Å². The van der Waals surface area contributed by atoms with Crippen molar-refractivity contribution in [2.24, 2.45) is 23.7 Å². The zero-order valence-electron chi connectivity index (χ0n) is 21.9. The second-order valence-corrected chi connectivity index (χ2v) is 11.0. The largest absolute Gasteiger partial charge is 0.444 e. The molecule has 190 valence electrons. The number of carbonyl (C=O) groups excluding carboxylic acids is 3. The predicted octanol–water partition coefficient (Wildman–Crippen LogP) is 4.91. The molecule has 0 radical (unpaired) electrons. The number of amides is 3. The van der Waals surface area contributed by atoms with E-state index in [1.807, 2.05) is 24.3 Å². The molecular weight excluding hydrogens is 430 g/mol. The Bertz CT molecular complexity index is 847. The molecule has 0 heterocycles. The van der Waals surface area contributed by atoms with Crippen LogP contribution in [0.1, 0.15) is 73.3 Å².